The molecule has 2 atom stereocenters. The Morgan fingerprint density at radius 2 is 1.58 bits per heavy atom. The molecule has 0 saturated heterocycles. The van der Waals surface area contributed by atoms with E-state index < -0.39 is 23.1 Å². The van der Waals surface area contributed by atoms with E-state index >= 15 is 0 Å². The summed E-state index contributed by atoms with van der Waals surface area (Å²) in [5, 5.41) is -0.762. The average molecular weight is 192 g/mol. The number of carbonyl (C=O) groups is 2. The van der Waals surface area contributed by atoms with Gasteiger partial charge in [0.05, 0.1) is 20.1 Å². The Morgan fingerprint density at radius 1 is 1.17 bits per heavy atom. The number of thiol groups is 1. The van der Waals surface area contributed by atoms with Crippen molar-refractivity contribution in [3.8, 4) is 0 Å². The molecule has 0 heterocycles. The molecule has 0 aliphatic heterocycles. The molecule has 0 bridgehead atoms. The topological polar surface area (TPSA) is 52.6 Å². The van der Waals surface area contributed by atoms with Crippen LogP contribution in [0.25, 0.3) is 0 Å². The summed E-state index contributed by atoms with van der Waals surface area (Å²) in [6.45, 7) is 1.56. The van der Waals surface area contributed by atoms with Crippen LogP contribution in [0.15, 0.2) is 0 Å². The molecule has 0 aromatic carbocycles. The van der Waals surface area contributed by atoms with Gasteiger partial charge in [0.15, 0.2) is 0 Å². The first-order chi connectivity index (χ1) is 5.54. The summed E-state index contributed by atoms with van der Waals surface area (Å²) in [6, 6.07) is 0. The van der Waals surface area contributed by atoms with E-state index in [4.69, 9.17) is 0 Å². The molecule has 0 amide bonds. The molecule has 0 aliphatic rings. The third-order valence-corrected chi connectivity index (χ3v) is 2.15. The van der Waals surface area contributed by atoms with E-state index in [1.807, 2.05) is 0 Å². The van der Waals surface area contributed by atoms with Gasteiger partial charge < -0.3 is 9.47 Å². The summed E-state index contributed by atoms with van der Waals surface area (Å²) in [4.78, 5) is 21.8. The molecule has 12 heavy (non-hydrogen) atoms. The number of carbonyl (C=O) groups excluding carboxylic acids is 2. The van der Waals surface area contributed by atoms with E-state index in [1.54, 1.807) is 6.92 Å². The van der Waals surface area contributed by atoms with Crippen molar-refractivity contribution in [2.75, 3.05) is 14.2 Å². The maximum absolute atomic E-state index is 10.9. The largest absolute Gasteiger partial charge is 0.469 e. The van der Waals surface area contributed by atoms with E-state index in [1.165, 1.54) is 14.2 Å². The second-order valence-corrected chi connectivity index (χ2v) is 2.84. The Bertz CT molecular complexity index is 160. The highest BCUT2D eigenvalue weighted by Gasteiger charge is 2.28. The lowest BCUT2D eigenvalue weighted by atomic mass is 10.1. The molecule has 4 nitrogen and oxygen atoms in total. The number of rotatable bonds is 3. The Labute approximate surface area is 76.6 Å². The fraction of sp³-hybridized carbons (Fsp3) is 0.714. The van der Waals surface area contributed by atoms with Crippen LogP contribution in [-0.4, -0.2) is 31.4 Å². The van der Waals surface area contributed by atoms with Gasteiger partial charge in [-0.05, 0) is 0 Å². The minimum Gasteiger partial charge on any atom is -0.469 e. The number of hydrogen-bond donors (Lipinski definition) is 1. The van der Waals surface area contributed by atoms with Crippen LogP contribution in [0.3, 0.4) is 0 Å². The fourth-order valence-electron chi connectivity index (χ4n) is 0.640. The molecule has 0 aliphatic carbocycles. The molecule has 5 heteroatoms. The van der Waals surface area contributed by atoms with E-state index in [0.717, 1.165) is 0 Å². The quantitative estimate of drug-likeness (QED) is 0.515. The molecule has 0 N–H and O–H groups in total. The molecule has 0 spiro atoms. The second kappa shape index (κ2) is 5.03. The highest BCUT2D eigenvalue weighted by atomic mass is 32.1. The standard InChI is InChI=1S/C7H12O4S/c1-4(6(8)10-2)5(12)7(9)11-3/h4-5,12H,1-3H3. The van der Waals surface area contributed by atoms with Gasteiger partial charge >= 0.3 is 11.9 Å². The summed E-state index contributed by atoms with van der Waals surface area (Å²) in [5.74, 6) is -1.59. The zero-order valence-electron chi connectivity index (χ0n) is 7.23. The summed E-state index contributed by atoms with van der Waals surface area (Å²) < 4.78 is 8.84. The van der Waals surface area contributed by atoms with Gasteiger partial charge in [-0.2, -0.15) is 12.6 Å². The van der Waals surface area contributed by atoms with Gasteiger partial charge in [0.2, 0.25) is 0 Å². The van der Waals surface area contributed by atoms with Crippen LogP contribution in [0.1, 0.15) is 6.92 Å². The number of methoxy groups -OCH3 is 2. The average Bonchev–Trinajstić information content (AvgIpc) is 2.12. The summed E-state index contributed by atoms with van der Waals surface area (Å²) in [5.41, 5.74) is 0. The van der Waals surface area contributed by atoms with Gasteiger partial charge in [0, 0.05) is 0 Å². The lowest BCUT2D eigenvalue weighted by Crippen LogP contribution is -2.30. The first-order valence-electron chi connectivity index (χ1n) is 3.38. The van der Waals surface area contributed by atoms with Gasteiger partial charge in [-0.25, -0.2) is 0 Å². The van der Waals surface area contributed by atoms with Crippen LogP contribution >= 0.6 is 12.6 Å². The third-order valence-electron chi connectivity index (χ3n) is 1.49. The van der Waals surface area contributed by atoms with E-state index in [0.29, 0.717) is 0 Å². The summed E-state index contributed by atoms with van der Waals surface area (Å²) >= 11 is 3.92. The van der Waals surface area contributed by atoms with Crippen molar-refractivity contribution in [3.63, 3.8) is 0 Å². The van der Waals surface area contributed by atoms with Crippen LogP contribution in [0.2, 0.25) is 0 Å². The Morgan fingerprint density at radius 3 is 1.92 bits per heavy atom. The van der Waals surface area contributed by atoms with Gasteiger partial charge in [0.25, 0.3) is 0 Å². The van der Waals surface area contributed by atoms with Gasteiger partial charge in [-0.1, -0.05) is 6.92 Å². The molecule has 0 aromatic rings. The Kier molecular flexibility index (Phi) is 4.73. The zero-order chi connectivity index (χ0) is 9.72. The molecule has 2 unspecified atom stereocenters. The third kappa shape index (κ3) is 2.73. The minimum absolute atomic E-state index is 0.472. The first kappa shape index (κ1) is 11.3. The van der Waals surface area contributed by atoms with E-state index in [-0.39, 0.29) is 0 Å². The number of esters is 2. The smallest absolute Gasteiger partial charge is 0.319 e. The van der Waals surface area contributed by atoms with Crippen LogP contribution < -0.4 is 0 Å². The van der Waals surface area contributed by atoms with E-state index in [9.17, 15) is 9.59 Å². The van der Waals surface area contributed by atoms with Crippen molar-refractivity contribution < 1.29 is 19.1 Å². The Hall–Kier alpha value is -0.710. The fourth-order valence-corrected chi connectivity index (χ4v) is 0.867. The monoisotopic (exact) mass is 192 g/mol. The van der Waals surface area contributed by atoms with Gasteiger partial charge in [-0.15, -0.1) is 0 Å². The van der Waals surface area contributed by atoms with Crippen molar-refractivity contribution >= 4 is 24.6 Å². The Balaban J connectivity index is 4.18. The SMILES string of the molecule is COC(=O)C(C)C(S)C(=O)OC. The maximum Gasteiger partial charge on any atom is 0.319 e. The maximum atomic E-state index is 10.9. The molecule has 70 valence electrons. The zero-order valence-corrected chi connectivity index (χ0v) is 8.13. The number of ether oxygens (including phenoxy) is 2. The van der Waals surface area contributed by atoms with Crippen molar-refractivity contribution in [2.45, 2.75) is 12.2 Å². The lowest BCUT2D eigenvalue weighted by molar-refractivity contribution is -0.150. The van der Waals surface area contributed by atoms with Crippen LogP contribution in [0.4, 0.5) is 0 Å². The minimum atomic E-state index is -0.762. The van der Waals surface area contributed by atoms with Crippen LogP contribution in [0.5, 0.6) is 0 Å². The predicted octanol–water partition coefficient (Wildman–Crippen LogP) is 0.267. The van der Waals surface area contributed by atoms with Crippen molar-refractivity contribution in [1.82, 2.24) is 0 Å². The molecule has 0 aromatic heterocycles. The second-order valence-electron chi connectivity index (χ2n) is 2.28. The van der Waals surface area contributed by atoms with Crippen LogP contribution in [-0.2, 0) is 19.1 Å². The van der Waals surface area contributed by atoms with E-state index in [2.05, 4.69) is 22.1 Å². The number of hydrogen-bond acceptors (Lipinski definition) is 5. The van der Waals surface area contributed by atoms with Crippen molar-refractivity contribution in [3.05, 3.63) is 0 Å². The van der Waals surface area contributed by atoms with Crippen LogP contribution in [0, 0.1) is 5.92 Å². The lowest BCUT2D eigenvalue weighted by Gasteiger charge is -2.13. The molecule has 0 saturated carbocycles. The molecule has 0 fully saturated rings. The highest BCUT2D eigenvalue weighted by Crippen LogP contribution is 2.12. The summed E-state index contributed by atoms with van der Waals surface area (Å²) in [7, 11) is 2.51. The predicted molar refractivity (Wildman–Crippen MR) is 46.0 cm³/mol. The first-order valence-corrected chi connectivity index (χ1v) is 3.90. The highest BCUT2D eigenvalue weighted by molar-refractivity contribution is 7.81. The van der Waals surface area contributed by atoms with Gasteiger partial charge in [-0.3, -0.25) is 9.59 Å². The van der Waals surface area contributed by atoms with Crippen molar-refractivity contribution in [1.29, 1.82) is 0 Å². The normalized spacial score (nSPS) is 14.7. The molecule has 0 radical (unpaired) electrons. The summed E-state index contributed by atoms with van der Waals surface area (Å²) in [6.07, 6.45) is 0. The molecular formula is C7H12O4S. The van der Waals surface area contributed by atoms with Crippen molar-refractivity contribution in [2.24, 2.45) is 5.92 Å². The molecular weight excluding hydrogens is 180 g/mol. The molecule has 0 rings (SSSR count). The van der Waals surface area contributed by atoms with Gasteiger partial charge in [0.1, 0.15) is 5.25 Å².